The van der Waals surface area contributed by atoms with Crippen molar-refractivity contribution in [1.82, 2.24) is 24.2 Å². The van der Waals surface area contributed by atoms with E-state index in [9.17, 15) is 14.0 Å². The van der Waals surface area contributed by atoms with E-state index in [1.54, 1.807) is 29.1 Å². The van der Waals surface area contributed by atoms with Crippen molar-refractivity contribution in [2.24, 2.45) is 7.05 Å². The van der Waals surface area contributed by atoms with E-state index in [1.807, 2.05) is 53.9 Å². The summed E-state index contributed by atoms with van der Waals surface area (Å²) < 4.78 is 17.3. The Morgan fingerprint density at radius 2 is 1.79 bits per heavy atom. The number of nitrogens with one attached hydrogen (secondary N) is 1. The van der Waals surface area contributed by atoms with E-state index in [-0.39, 0.29) is 30.0 Å². The van der Waals surface area contributed by atoms with Crippen molar-refractivity contribution in [3.63, 3.8) is 0 Å². The molecule has 9 nitrogen and oxygen atoms in total. The number of rotatable bonds is 8. The Morgan fingerprint density at radius 3 is 2.46 bits per heavy atom. The van der Waals surface area contributed by atoms with E-state index in [1.165, 1.54) is 12.1 Å². The van der Waals surface area contributed by atoms with Gasteiger partial charge in [-0.3, -0.25) is 19.2 Å². The molecular formula is C29H31FN6O3. The first-order valence-electron chi connectivity index (χ1n) is 13.0. The SMILES string of the molecule is CC(Nc1nccc(-c2c(-c3ccc(F)cc3)c(=O)n(C3CCN(CC(=O)O)CC3)n2C)n1)c1ccccc1. The number of nitrogens with zero attached hydrogens (tertiary/aromatic N) is 5. The number of carbonyl (C=O) groups is 1. The Hall–Kier alpha value is -4.31. The van der Waals surface area contributed by atoms with Crippen molar-refractivity contribution in [2.45, 2.75) is 31.8 Å². The molecule has 3 heterocycles. The minimum Gasteiger partial charge on any atom is -0.480 e. The summed E-state index contributed by atoms with van der Waals surface area (Å²) in [6.07, 6.45) is 2.93. The van der Waals surface area contributed by atoms with E-state index in [2.05, 4.69) is 10.3 Å². The Kier molecular flexibility index (Phi) is 7.56. The summed E-state index contributed by atoms with van der Waals surface area (Å²) in [7, 11) is 1.83. The number of halogens is 1. The summed E-state index contributed by atoms with van der Waals surface area (Å²) in [6.45, 7) is 3.17. The molecule has 39 heavy (non-hydrogen) atoms. The van der Waals surface area contributed by atoms with Crippen LogP contribution in [0.5, 0.6) is 0 Å². The standard InChI is InChI=1S/C29H31FN6O3/c1-19(20-6-4-3-5-7-20)32-29-31-15-12-24(33-29)27-26(21-8-10-22(30)11-9-21)28(39)36(34(27)2)23-13-16-35(17-14-23)18-25(37)38/h3-12,15,19,23H,13-14,16-18H2,1-2H3,(H,37,38)(H,31,32,33). The number of hydrogen-bond donors (Lipinski definition) is 2. The molecular weight excluding hydrogens is 499 g/mol. The third kappa shape index (κ3) is 5.61. The van der Waals surface area contributed by atoms with Crippen LogP contribution in [0.1, 0.15) is 37.4 Å². The molecule has 2 aromatic carbocycles. The highest BCUT2D eigenvalue weighted by molar-refractivity contribution is 5.79. The Morgan fingerprint density at radius 1 is 1.10 bits per heavy atom. The van der Waals surface area contributed by atoms with Gasteiger partial charge in [0.15, 0.2) is 0 Å². The zero-order valence-corrected chi connectivity index (χ0v) is 21.9. The van der Waals surface area contributed by atoms with Crippen molar-refractivity contribution < 1.29 is 14.3 Å². The van der Waals surface area contributed by atoms with Gasteiger partial charge in [-0.2, -0.15) is 0 Å². The normalized spacial score (nSPS) is 15.3. The average molecular weight is 531 g/mol. The first kappa shape index (κ1) is 26.3. The number of likely N-dealkylation sites (tertiary alicyclic amines) is 1. The molecule has 1 fully saturated rings. The number of aromatic nitrogens is 4. The summed E-state index contributed by atoms with van der Waals surface area (Å²) in [5, 5.41) is 12.5. The first-order valence-corrected chi connectivity index (χ1v) is 13.0. The van der Waals surface area contributed by atoms with Crippen LogP contribution in [0.15, 0.2) is 71.7 Å². The number of hydrogen-bond acceptors (Lipinski definition) is 6. The predicted octanol–water partition coefficient (Wildman–Crippen LogP) is 4.34. The Bertz CT molecular complexity index is 1510. The van der Waals surface area contributed by atoms with Gasteiger partial charge in [-0.15, -0.1) is 0 Å². The predicted molar refractivity (Wildman–Crippen MR) is 147 cm³/mol. The average Bonchev–Trinajstić information content (AvgIpc) is 3.19. The lowest BCUT2D eigenvalue weighted by Gasteiger charge is -2.32. The molecule has 1 aliphatic rings. The molecule has 1 aliphatic heterocycles. The zero-order valence-electron chi connectivity index (χ0n) is 21.9. The maximum Gasteiger partial charge on any atom is 0.317 e. The highest BCUT2D eigenvalue weighted by Crippen LogP contribution is 2.32. The molecule has 0 saturated carbocycles. The highest BCUT2D eigenvalue weighted by atomic mass is 19.1. The zero-order chi connectivity index (χ0) is 27.5. The molecule has 1 atom stereocenters. The molecule has 0 amide bonds. The van der Waals surface area contributed by atoms with E-state index in [0.29, 0.717) is 54.4 Å². The number of carboxylic acid groups (broad SMARTS) is 1. The molecule has 1 saturated heterocycles. The Balaban J connectivity index is 1.54. The van der Waals surface area contributed by atoms with Crippen LogP contribution in [-0.2, 0) is 11.8 Å². The molecule has 2 aromatic heterocycles. The topological polar surface area (TPSA) is 105 Å². The second kappa shape index (κ2) is 11.2. The van der Waals surface area contributed by atoms with Crippen LogP contribution in [0.2, 0.25) is 0 Å². The van der Waals surface area contributed by atoms with Gasteiger partial charge in [0.25, 0.3) is 5.56 Å². The van der Waals surface area contributed by atoms with Crippen molar-refractivity contribution in [2.75, 3.05) is 25.0 Å². The van der Waals surface area contributed by atoms with Crippen LogP contribution in [0.4, 0.5) is 10.3 Å². The molecule has 5 rings (SSSR count). The molecule has 0 aliphatic carbocycles. The fraction of sp³-hybridized carbons (Fsp3) is 0.310. The lowest BCUT2D eigenvalue weighted by Crippen LogP contribution is -2.40. The fourth-order valence-electron chi connectivity index (χ4n) is 5.30. The lowest BCUT2D eigenvalue weighted by atomic mass is 10.0. The van der Waals surface area contributed by atoms with Gasteiger partial charge in [-0.25, -0.2) is 19.0 Å². The molecule has 0 bridgehead atoms. The van der Waals surface area contributed by atoms with Crippen LogP contribution in [0.3, 0.4) is 0 Å². The summed E-state index contributed by atoms with van der Waals surface area (Å²) in [5.41, 5.74) is 3.10. The minimum absolute atomic E-state index is 0.0149. The van der Waals surface area contributed by atoms with Gasteiger partial charge < -0.3 is 10.4 Å². The fourth-order valence-corrected chi connectivity index (χ4v) is 5.30. The quantitative estimate of drug-likeness (QED) is 0.349. The van der Waals surface area contributed by atoms with E-state index in [4.69, 9.17) is 10.1 Å². The second-order valence-electron chi connectivity index (χ2n) is 9.85. The third-order valence-corrected chi connectivity index (χ3v) is 7.24. The summed E-state index contributed by atoms with van der Waals surface area (Å²) in [5.74, 6) is -0.818. The van der Waals surface area contributed by atoms with Crippen molar-refractivity contribution in [3.8, 4) is 22.5 Å². The number of anilines is 1. The molecule has 0 spiro atoms. The molecule has 4 aromatic rings. The number of piperidine rings is 1. The van der Waals surface area contributed by atoms with Gasteiger partial charge in [0.05, 0.1) is 35.6 Å². The number of carboxylic acids is 1. The monoisotopic (exact) mass is 530 g/mol. The van der Waals surface area contributed by atoms with Gasteiger partial charge >= 0.3 is 5.97 Å². The molecule has 10 heteroatoms. The van der Waals surface area contributed by atoms with Crippen LogP contribution >= 0.6 is 0 Å². The Labute approximate surface area is 225 Å². The van der Waals surface area contributed by atoms with Crippen LogP contribution < -0.4 is 10.9 Å². The summed E-state index contributed by atoms with van der Waals surface area (Å²) in [4.78, 5) is 36.2. The smallest absolute Gasteiger partial charge is 0.317 e. The highest BCUT2D eigenvalue weighted by Gasteiger charge is 2.29. The third-order valence-electron chi connectivity index (χ3n) is 7.24. The largest absolute Gasteiger partial charge is 0.480 e. The van der Waals surface area contributed by atoms with Gasteiger partial charge in [0.1, 0.15) is 5.82 Å². The van der Waals surface area contributed by atoms with Gasteiger partial charge in [0.2, 0.25) is 5.95 Å². The lowest BCUT2D eigenvalue weighted by molar-refractivity contribution is -0.138. The van der Waals surface area contributed by atoms with Crippen LogP contribution in [0, 0.1) is 5.82 Å². The second-order valence-corrected chi connectivity index (χ2v) is 9.85. The summed E-state index contributed by atoms with van der Waals surface area (Å²) >= 11 is 0. The number of aliphatic carboxylic acids is 1. The molecule has 1 unspecified atom stereocenters. The molecule has 0 radical (unpaired) electrons. The molecule has 202 valence electrons. The first-order chi connectivity index (χ1) is 18.8. The van der Waals surface area contributed by atoms with Crippen LogP contribution in [0.25, 0.3) is 22.5 Å². The maximum absolute atomic E-state index is 14.0. The van der Waals surface area contributed by atoms with E-state index < -0.39 is 5.97 Å². The minimum atomic E-state index is -0.861. The van der Waals surface area contributed by atoms with Crippen molar-refractivity contribution in [3.05, 3.63) is 88.6 Å². The van der Waals surface area contributed by atoms with Gasteiger partial charge in [-0.1, -0.05) is 42.5 Å². The van der Waals surface area contributed by atoms with Crippen LogP contribution in [-0.4, -0.2) is 54.9 Å². The van der Waals surface area contributed by atoms with Crippen molar-refractivity contribution >= 4 is 11.9 Å². The summed E-state index contributed by atoms with van der Waals surface area (Å²) in [6, 6.07) is 17.5. The molecule has 2 N–H and O–H groups in total. The van der Waals surface area contributed by atoms with Gasteiger partial charge in [0, 0.05) is 26.3 Å². The van der Waals surface area contributed by atoms with Gasteiger partial charge in [-0.05, 0) is 49.1 Å². The number of benzene rings is 2. The van der Waals surface area contributed by atoms with E-state index >= 15 is 0 Å². The maximum atomic E-state index is 14.0. The van der Waals surface area contributed by atoms with E-state index in [0.717, 1.165) is 5.56 Å². The van der Waals surface area contributed by atoms with Crippen molar-refractivity contribution in [1.29, 1.82) is 0 Å².